The van der Waals surface area contributed by atoms with E-state index >= 15 is 0 Å². The second-order valence-electron chi connectivity index (χ2n) is 7.02. The molecule has 3 rings (SSSR count). The molecule has 23 heavy (non-hydrogen) atoms. The molecule has 3 atom stereocenters. The smallest absolute Gasteiger partial charge is 0.222 e. The standard InChI is InChI=1S/C18H25FN2O2/c1-13(7-14-3-2-4-15(19)9-14)8-18(23)21-6-5-20-12-17(22)10-16(20)11-21/h2-4,9,13,16-17,22H,5-8,10-12H2,1H3/t13?,16-,17+/m0/s1. The van der Waals surface area contributed by atoms with Crippen LogP contribution in [-0.2, 0) is 11.2 Å². The van der Waals surface area contributed by atoms with Gasteiger partial charge in [-0.3, -0.25) is 9.69 Å². The van der Waals surface area contributed by atoms with Gasteiger partial charge in [0.1, 0.15) is 5.82 Å². The Morgan fingerprint density at radius 1 is 1.39 bits per heavy atom. The van der Waals surface area contributed by atoms with E-state index in [4.69, 9.17) is 0 Å². The largest absolute Gasteiger partial charge is 0.392 e. The van der Waals surface area contributed by atoms with Crippen molar-refractivity contribution in [1.82, 2.24) is 9.80 Å². The van der Waals surface area contributed by atoms with Gasteiger partial charge in [-0.25, -0.2) is 4.39 Å². The van der Waals surface area contributed by atoms with Gasteiger partial charge in [-0.15, -0.1) is 0 Å². The lowest BCUT2D eigenvalue weighted by Gasteiger charge is -2.37. The Balaban J connectivity index is 1.50. The fraction of sp³-hybridized carbons (Fsp3) is 0.611. The molecule has 2 aliphatic rings. The molecule has 0 spiro atoms. The molecule has 5 heteroatoms. The highest BCUT2D eigenvalue weighted by Crippen LogP contribution is 2.23. The Bertz CT molecular complexity index is 566. The predicted octanol–water partition coefficient (Wildman–Crippen LogP) is 1.67. The van der Waals surface area contributed by atoms with Crippen molar-refractivity contribution in [3.05, 3.63) is 35.6 Å². The van der Waals surface area contributed by atoms with E-state index < -0.39 is 0 Å². The summed E-state index contributed by atoms with van der Waals surface area (Å²) in [4.78, 5) is 16.7. The van der Waals surface area contributed by atoms with Gasteiger partial charge in [-0.2, -0.15) is 0 Å². The van der Waals surface area contributed by atoms with Crippen LogP contribution in [0.5, 0.6) is 0 Å². The highest BCUT2D eigenvalue weighted by molar-refractivity contribution is 5.76. The molecule has 126 valence electrons. The minimum absolute atomic E-state index is 0.176. The highest BCUT2D eigenvalue weighted by atomic mass is 19.1. The Morgan fingerprint density at radius 3 is 3.00 bits per heavy atom. The maximum atomic E-state index is 13.2. The first-order valence-corrected chi connectivity index (χ1v) is 8.45. The minimum Gasteiger partial charge on any atom is -0.392 e. The molecular formula is C18H25FN2O2. The van der Waals surface area contributed by atoms with Crippen LogP contribution in [-0.4, -0.2) is 59.1 Å². The van der Waals surface area contributed by atoms with Crippen molar-refractivity contribution in [2.75, 3.05) is 26.2 Å². The number of aliphatic hydroxyl groups is 1. The number of halogens is 1. The lowest BCUT2D eigenvalue weighted by atomic mass is 9.97. The Labute approximate surface area is 136 Å². The van der Waals surface area contributed by atoms with Crippen molar-refractivity contribution >= 4 is 5.91 Å². The minimum atomic E-state index is -0.248. The number of piperazine rings is 1. The van der Waals surface area contributed by atoms with E-state index in [1.165, 1.54) is 6.07 Å². The zero-order chi connectivity index (χ0) is 16.4. The van der Waals surface area contributed by atoms with Gasteiger partial charge in [0.15, 0.2) is 0 Å². The van der Waals surface area contributed by atoms with Gasteiger partial charge in [-0.05, 0) is 36.5 Å². The van der Waals surface area contributed by atoms with Crippen molar-refractivity contribution in [3.8, 4) is 0 Å². The third-order valence-corrected chi connectivity index (χ3v) is 4.94. The van der Waals surface area contributed by atoms with Gasteiger partial charge in [-0.1, -0.05) is 19.1 Å². The molecule has 1 amide bonds. The first kappa shape index (κ1) is 16.4. The SMILES string of the molecule is CC(CC(=O)N1CCN2C[C@H](O)C[C@H]2C1)Cc1cccc(F)c1. The molecule has 2 saturated heterocycles. The highest BCUT2D eigenvalue weighted by Gasteiger charge is 2.36. The summed E-state index contributed by atoms with van der Waals surface area (Å²) >= 11 is 0. The average Bonchev–Trinajstić information content (AvgIpc) is 2.86. The van der Waals surface area contributed by atoms with Crippen LogP contribution in [0.3, 0.4) is 0 Å². The van der Waals surface area contributed by atoms with E-state index in [1.807, 2.05) is 17.9 Å². The number of fused-ring (bicyclic) bond motifs is 1. The number of hydrogen-bond donors (Lipinski definition) is 1. The average molecular weight is 320 g/mol. The summed E-state index contributed by atoms with van der Waals surface area (Å²) in [6, 6.07) is 6.90. The summed E-state index contributed by atoms with van der Waals surface area (Å²) in [5, 5.41) is 9.74. The Hall–Kier alpha value is -1.46. The van der Waals surface area contributed by atoms with Crippen molar-refractivity contribution < 1.29 is 14.3 Å². The van der Waals surface area contributed by atoms with Gasteiger partial charge in [0, 0.05) is 38.6 Å². The van der Waals surface area contributed by atoms with Crippen molar-refractivity contribution in [3.63, 3.8) is 0 Å². The topological polar surface area (TPSA) is 43.8 Å². The summed E-state index contributed by atoms with van der Waals surface area (Å²) in [6.07, 6.45) is 1.72. The summed E-state index contributed by atoms with van der Waals surface area (Å²) in [5.41, 5.74) is 0.939. The molecule has 4 nitrogen and oxygen atoms in total. The third kappa shape index (κ3) is 4.09. The number of nitrogens with zero attached hydrogens (tertiary/aromatic N) is 2. The van der Waals surface area contributed by atoms with E-state index in [9.17, 15) is 14.3 Å². The van der Waals surface area contributed by atoms with E-state index in [2.05, 4.69) is 4.90 Å². The van der Waals surface area contributed by atoms with Crippen LogP contribution < -0.4 is 0 Å². The van der Waals surface area contributed by atoms with E-state index in [0.717, 1.165) is 38.2 Å². The lowest BCUT2D eigenvalue weighted by Crippen LogP contribution is -2.52. The fourth-order valence-corrected chi connectivity index (χ4v) is 3.81. The number of hydrogen-bond acceptors (Lipinski definition) is 3. The van der Waals surface area contributed by atoms with E-state index in [1.54, 1.807) is 12.1 Å². The van der Waals surface area contributed by atoms with Crippen molar-refractivity contribution in [2.24, 2.45) is 5.92 Å². The Morgan fingerprint density at radius 2 is 2.22 bits per heavy atom. The number of benzene rings is 1. The molecule has 2 aliphatic heterocycles. The zero-order valence-electron chi connectivity index (χ0n) is 13.6. The van der Waals surface area contributed by atoms with Crippen LogP contribution in [0.4, 0.5) is 4.39 Å². The molecule has 1 aromatic rings. The fourth-order valence-electron chi connectivity index (χ4n) is 3.81. The van der Waals surface area contributed by atoms with Crippen LogP contribution in [0.25, 0.3) is 0 Å². The molecule has 0 radical (unpaired) electrons. The number of rotatable bonds is 4. The number of aliphatic hydroxyl groups excluding tert-OH is 1. The Kier molecular flexibility index (Phi) is 4.97. The second-order valence-corrected chi connectivity index (χ2v) is 7.02. The second kappa shape index (κ2) is 6.97. The van der Waals surface area contributed by atoms with E-state index in [-0.39, 0.29) is 23.7 Å². The third-order valence-electron chi connectivity index (χ3n) is 4.94. The van der Waals surface area contributed by atoms with Gasteiger partial charge >= 0.3 is 0 Å². The predicted molar refractivity (Wildman–Crippen MR) is 86.4 cm³/mol. The monoisotopic (exact) mass is 320 g/mol. The zero-order valence-corrected chi connectivity index (χ0v) is 13.6. The molecule has 0 saturated carbocycles. The molecule has 1 unspecified atom stereocenters. The van der Waals surface area contributed by atoms with Crippen molar-refractivity contribution in [1.29, 1.82) is 0 Å². The van der Waals surface area contributed by atoms with E-state index in [0.29, 0.717) is 18.9 Å². The summed E-state index contributed by atoms with van der Waals surface area (Å²) in [5.74, 6) is 0.142. The molecular weight excluding hydrogens is 295 g/mol. The van der Waals surface area contributed by atoms with Crippen LogP contribution in [0, 0.1) is 11.7 Å². The normalized spacial score (nSPS) is 26.1. The number of carbonyl (C=O) groups is 1. The van der Waals surface area contributed by atoms with Crippen molar-refractivity contribution in [2.45, 2.75) is 38.3 Å². The van der Waals surface area contributed by atoms with Crippen LogP contribution in [0.1, 0.15) is 25.3 Å². The summed E-state index contributed by atoms with van der Waals surface area (Å²) < 4.78 is 13.2. The maximum Gasteiger partial charge on any atom is 0.222 e. The van der Waals surface area contributed by atoms with Gasteiger partial charge in [0.2, 0.25) is 5.91 Å². The molecule has 0 bridgehead atoms. The molecule has 2 heterocycles. The number of amides is 1. The molecule has 2 fully saturated rings. The molecule has 0 aromatic heterocycles. The van der Waals surface area contributed by atoms with Crippen LogP contribution in [0.15, 0.2) is 24.3 Å². The molecule has 1 aromatic carbocycles. The summed E-state index contributed by atoms with van der Waals surface area (Å²) in [7, 11) is 0. The molecule has 1 N–H and O–H groups in total. The number of carbonyl (C=O) groups excluding carboxylic acids is 1. The van der Waals surface area contributed by atoms with Gasteiger partial charge in [0.05, 0.1) is 6.10 Å². The molecule has 0 aliphatic carbocycles. The van der Waals surface area contributed by atoms with Gasteiger partial charge < -0.3 is 10.0 Å². The van der Waals surface area contributed by atoms with Gasteiger partial charge in [0.25, 0.3) is 0 Å². The van der Waals surface area contributed by atoms with Crippen LogP contribution >= 0.6 is 0 Å². The summed E-state index contributed by atoms with van der Waals surface area (Å²) in [6.45, 7) is 5.10. The first-order valence-electron chi connectivity index (χ1n) is 8.45. The quantitative estimate of drug-likeness (QED) is 0.918. The van der Waals surface area contributed by atoms with Crippen LogP contribution in [0.2, 0.25) is 0 Å². The lowest BCUT2D eigenvalue weighted by molar-refractivity contribution is -0.134. The first-order chi connectivity index (χ1) is 11.0. The maximum absolute atomic E-state index is 13.2.